The van der Waals surface area contributed by atoms with Crippen molar-refractivity contribution in [1.29, 1.82) is 0 Å². The third-order valence-electron chi connectivity index (χ3n) is 2.34. The molecule has 2 N–H and O–H groups in total. The Morgan fingerprint density at radius 3 is 2.67 bits per heavy atom. The number of alkyl halides is 1. The van der Waals surface area contributed by atoms with Crippen LogP contribution >= 0.6 is 11.6 Å². The average Bonchev–Trinajstić information content (AvgIpc) is 2.87. The molecule has 0 aromatic rings. The first-order valence-electron chi connectivity index (χ1n) is 5.28. The Kier molecular flexibility index (Phi) is 4.88. The maximum atomic E-state index is 11.3. The minimum Gasteiger partial charge on any atom is -0.335 e. The minimum absolute atomic E-state index is 0.126. The highest BCUT2D eigenvalue weighted by molar-refractivity contribution is 6.19. The minimum atomic E-state index is -0.418. The van der Waals surface area contributed by atoms with Crippen molar-refractivity contribution < 1.29 is 9.59 Å². The molecule has 0 spiro atoms. The number of hydrogen-bond acceptors (Lipinski definition) is 2. The van der Waals surface area contributed by atoms with Gasteiger partial charge in [-0.15, -0.1) is 11.6 Å². The summed E-state index contributed by atoms with van der Waals surface area (Å²) >= 11 is 5.37. The van der Waals surface area contributed by atoms with Crippen LogP contribution in [0, 0.1) is 5.92 Å². The molecule has 0 aliphatic heterocycles. The molecular formula is C10H17ClN2O2. The van der Waals surface area contributed by atoms with E-state index in [0.29, 0.717) is 0 Å². The molecule has 0 radical (unpaired) electrons. The quantitative estimate of drug-likeness (QED) is 0.708. The van der Waals surface area contributed by atoms with Gasteiger partial charge in [-0.2, -0.15) is 0 Å². The van der Waals surface area contributed by atoms with Crippen LogP contribution in [0.25, 0.3) is 0 Å². The highest BCUT2D eigenvalue weighted by atomic mass is 35.5. The van der Waals surface area contributed by atoms with E-state index in [9.17, 15) is 9.59 Å². The van der Waals surface area contributed by atoms with Crippen molar-refractivity contribution in [3.05, 3.63) is 0 Å². The molecule has 1 atom stereocenters. The van der Waals surface area contributed by atoms with Crippen LogP contribution in [0.1, 0.15) is 32.6 Å². The molecule has 1 fully saturated rings. The van der Waals surface area contributed by atoms with Crippen molar-refractivity contribution in [1.82, 2.24) is 10.6 Å². The van der Waals surface area contributed by atoms with E-state index in [4.69, 9.17) is 11.6 Å². The lowest BCUT2D eigenvalue weighted by molar-refractivity contribution is -0.119. The van der Waals surface area contributed by atoms with Crippen molar-refractivity contribution in [3.63, 3.8) is 0 Å². The molecule has 5 heteroatoms. The monoisotopic (exact) mass is 232 g/mol. The normalized spacial score (nSPS) is 16.9. The molecule has 1 rings (SSSR count). The summed E-state index contributed by atoms with van der Waals surface area (Å²) in [7, 11) is 0. The van der Waals surface area contributed by atoms with E-state index in [0.717, 1.165) is 12.3 Å². The number of imide groups is 1. The Morgan fingerprint density at radius 1 is 1.47 bits per heavy atom. The van der Waals surface area contributed by atoms with Crippen molar-refractivity contribution in [3.8, 4) is 0 Å². The summed E-state index contributed by atoms with van der Waals surface area (Å²) in [4.78, 5) is 22.3. The first kappa shape index (κ1) is 12.3. The predicted molar refractivity (Wildman–Crippen MR) is 58.8 cm³/mol. The summed E-state index contributed by atoms with van der Waals surface area (Å²) in [6.07, 6.45) is 3.70. The van der Waals surface area contributed by atoms with Gasteiger partial charge in [0.1, 0.15) is 0 Å². The van der Waals surface area contributed by atoms with Gasteiger partial charge in [-0.25, -0.2) is 4.79 Å². The molecule has 1 unspecified atom stereocenters. The number of rotatable bonds is 5. The fourth-order valence-electron chi connectivity index (χ4n) is 1.45. The van der Waals surface area contributed by atoms with Gasteiger partial charge in [0.2, 0.25) is 5.91 Å². The van der Waals surface area contributed by atoms with E-state index in [-0.39, 0.29) is 24.2 Å². The van der Waals surface area contributed by atoms with Crippen molar-refractivity contribution >= 4 is 23.5 Å². The van der Waals surface area contributed by atoms with Crippen LogP contribution in [0.5, 0.6) is 0 Å². The van der Waals surface area contributed by atoms with Crippen LogP contribution < -0.4 is 10.6 Å². The molecule has 1 aliphatic carbocycles. The lowest BCUT2D eigenvalue weighted by Gasteiger charge is -2.13. The Labute approximate surface area is 94.7 Å². The number of hydrogen-bond donors (Lipinski definition) is 2. The maximum Gasteiger partial charge on any atom is 0.321 e. The first-order chi connectivity index (χ1) is 7.11. The second-order valence-electron chi connectivity index (χ2n) is 4.04. The number of carbonyl (C=O) groups is 2. The maximum absolute atomic E-state index is 11.3. The van der Waals surface area contributed by atoms with Crippen molar-refractivity contribution in [2.45, 2.75) is 38.6 Å². The molecule has 3 amide bonds. The van der Waals surface area contributed by atoms with Crippen LogP contribution in [0.4, 0.5) is 4.79 Å². The average molecular weight is 233 g/mol. The van der Waals surface area contributed by atoms with Crippen LogP contribution in [-0.2, 0) is 4.79 Å². The predicted octanol–water partition coefficient (Wildman–Crippen LogP) is 1.63. The second kappa shape index (κ2) is 5.95. The van der Waals surface area contributed by atoms with Crippen LogP contribution in [0.15, 0.2) is 0 Å². The molecule has 0 heterocycles. The summed E-state index contributed by atoms with van der Waals surface area (Å²) in [5.41, 5.74) is 0. The number of nitrogens with one attached hydrogen (secondary N) is 2. The van der Waals surface area contributed by atoms with Gasteiger partial charge in [-0.05, 0) is 19.3 Å². The standard InChI is InChI=1S/C10H17ClN2O2/c1-7(6-8-2-3-8)12-10(15)13-9(14)4-5-11/h7-8H,2-6H2,1H3,(H2,12,13,14,15). The van der Waals surface area contributed by atoms with Gasteiger partial charge in [-0.1, -0.05) is 12.8 Å². The first-order valence-corrected chi connectivity index (χ1v) is 5.81. The van der Waals surface area contributed by atoms with E-state index >= 15 is 0 Å². The molecule has 4 nitrogen and oxygen atoms in total. The summed E-state index contributed by atoms with van der Waals surface area (Å²) < 4.78 is 0. The molecule has 86 valence electrons. The van der Waals surface area contributed by atoms with Crippen molar-refractivity contribution in [2.75, 3.05) is 5.88 Å². The second-order valence-corrected chi connectivity index (χ2v) is 4.42. The topological polar surface area (TPSA) is 58.2 Å². The Morgan fingerprint density at radius 2 is 2.13 bits per heavy atom. The lowest BCUT2D eigenvalue weighted by Crippen LogP contribution is -2.43. The van der Waals surface area contributed by atoms with E-state index < -0.39 is 6.03 Å². The molecule has 0 bridgehead atoms. The third kappa shape index (κ3) is 5.62. The highest BCUT2D eigenvalue weighted by Crippen LogP contribution is 2.33. The van der Waals surface area contributed by atoms with Gasteiger partial charge in [0.25, 0.3) is 0 Å². The number of carbonyl (C=O) groups excluding carboxylic acids is 2. The van der Waals surface area contributed by atoms with Crippen LogP contribution in [0.3, 0.4) is 0 Å². The molecular weight excluding hydrogens is 216 g/mol. The van der Waals surface area contributed by atoms with Crippen molar-refractivity contribution in [2.24, 2.45) is 5.92 Å². The van der Waals surface area contributed by atoms with Gasteiger partial charge in [-0.3, -0.25) is 10.1 Å². The van der Waals surface area contributed by atoms with Gasteiger partial charge in [0, 0.05) is 18.3 Å². The zero-order chi connectivity index (χ0) is 11.3. The van der Waals surface area contributed by atoms with Gasteiger partial charge in [0.15, 0.2) is 0 Å². The fraction of sp³-hybridized carbons (Fsp3) is 0.800. The largest absolute Gasteiger partial charge is 0.335 e. The number of halogens is 1. The van der Waals surface area contributed by atoms with Gasteiger partial charge < -0.3 is 5.32 Å². The molecule has 0 aromatic heterocycles. The molecule has 1 saturated carbocycles. The summed E-state index contributed by atoms with van der Waals surface area (Å²) in [6, 6.07) is -0.292. The van der Waals surface area contributed by atoms with E-state index in [1.165, 1.54) is 12.8 Å². The fourth-order valence-corrected chi connectivity index (χ4v) is 1.62. The number of urea groups is 1. The summed E-state index contributed by atoms with van der Waals surface area (Å²) in [6.45, 7) is 1.95. The van der Waals surface area contributed by atoms with Crippen LogP contribution in [0.2, 0.25) is 0 Å². The Balaban J connectivity index is 2.13. The molecule has 0 saturated heterocycles. The number of amides is 3. The zero-order valence-electron chi connectivity index (χ0n) is 8.88. The SMILES string of the molecule is CC(CC1CC1)NC(=O)NC(=O)CCCl. The van der Waals surface area contributed by atoms with Gasteiger partial charge >= 0.3 is 6.03 Å². The van der Waals surface area contributed by atoms with E-state index in [1.807, 2.05) is 6.92 Å². The van der Waals surface area contributed by atoms with E-state index in [2.05, 4.69) is 10.6 Å². The van der Waals surface area contributed by atoms with Gasteiger partial charge in [0.05, 0.1) is 0 Å². The summed E-state index contributed by atoms with van der Waals surface area (Å²) in [5, 5.41) is 4.96. The molecule has 1 aliphatic rings. The zero-order valence-corrected chi connectivity index (χ0v) is 9.64. The highest BCUT2D eigenvalue weighted by Gasteiger charge is 2.24. The molecule has 0 aromatic carbocycles. The Bertz CT molecular complexity index is 242. The smallest absolute Gasteiger partial charge is 0.321 e. The van der Waals surface area contributed by atoms with E-state index in [1.54, 1.807) is 0 Å². The Hall–Kier alpha value is -0.770. The summed E-state index contributed by atoms with van der Waals surface area (Å²) in [5.74, 6) is 0.663. The third-order valence-corrected chi connectivity index (χ3v) is 2.52. The lowest BCUT2D eigenvalue weighted by atomic mass is 10.2. The molecule has 15 heavy (non-hydrogen) atoms. The van der Waals surface area contributed by atoms with Crippen LogP contribution in [-0.4, -0.2) is 23.9 Å².